The average molecular weight is 275 g/mol. The number of fused-ring (bicyclic) bond motifs is 1. The van der Waals surface area contributed by atoms with Gasteiger partial charge < -0.3 is 5.32 Å². The Morgan fingerprint density at radius 2 is 2.11 bits per heavy atom. The van der Waals surface area contributed by atoms with Crippen LogP contribution in [0.25, 0.3) is 0 Å². The number of hydrogen-bond acceptors (Lipinski definition) is 2. The highest BCUT2D eigenvalue weighted by Crippen LogP contribution is 2.30. The predicted octanol–water partition coefficient (Wildman–Crippen LogP) is 3.97. The van der Waals surface area contributed by atoms with E-state index in [1.165, 1.54) is 24.1 Å². The number of benzene rings is 1. The van der Waals surface area contributed by atoms with Crippen LogP contribution in [0, 0.1) is 12.7 Å². The third-order valence-electron chi connectivity index (χ3n) is 3.65. The maximum atomic E-state index is 13.2. The van der Waals surface area contributed by atoms with Crippen LogP contribution in [0.2, 0.25) is 0 Å². The van der Waals surface area contributed by atoms with Crippen molar-refractivity contribution in [2.24, 2.45) is 0 Å². The van der Waals surface area contributed by atoms with Gasteiger partial charge in [-0.3, -0.25) is 0 Å². The zero-order valence-corrected chi connectivity index (χ0v) is 11.9. The number of rotatable bonds is 4. The van der Waals surface area contributed by atoms with Gasteiger partial charge in [0.15, 0.2) is 0 Å². The average Bonchev–Trinajstić information content (AvgIpc) is 2.94. The molecule has 0 amide bonds. The van der Waals surface area contributed by atoms with Gasteiger partial charge in [-0.05, 0) is 55.0 Å². The third kappa shape index (κ3) is 2.88. The Kier molecular flexibility index (Phi) is 3.67. The minimum Gasteiger partial charge on any atom is -0.308 e. The van der Waals surface area contributed by atoms with Crippen molar-refractivity contribution in [1.29, 1.82) is 0 Å². The van der Waals surface area contributed by atoms with Crippen LogP contribution in [0.1, 0.15) is 32.9 Å². The minimum atomic E-state index is -0.126. The highest BCUT2D eigenvalue weighted by Gasteiger charge is 2.14. The molecule has 19 heavy (non-hydrogen) atoms. The van der Waals surface area contributed by atoms with Crippen LogP contribution in [0.5, 0.6) is 0 Å². The summed E-state index contributed by atoms with van der Waals surface area (Å²) in [5.41, 5.74) is 3.41. The Labute approximate surface area is 117 Å². The Balaban J connectivity index is 1.56. The predicted molar refractivity (Wildman–Crippen MR) is 78.0 cm³/mol. The largest absolute Gasteiger partial charge is 0.308 e. The zero-order chi connectivity index (χ0) is 13.2. The van der Waals surface area contributed by atoms with Gasteiger partial charge in [-0.25, -0.2) is 4.39 Å². The van der Waals surface area contributed by atoms with E-state index < -0.39 is 0 Å². The van der Waals surface area contributed by atoms with Crippen LogP contribution >= 0.6 is 11.3 Å². The zero-order valence-electron chi connectivity index (χ0n) is 11.1. The molecule has 0 saturated carbocycles. The lowest BCUT2D eigenvalue weighted by Crippen LogP contribution is -2.12. The minimum absolute atomic E-state index is 0.126. The maximum Gasteiger partial charge on any atom is 0.126 e. The van der Waals surface area contributed by atoms with Crippen molar-refractivity contribution in [3.63, 3.8) is 0 Å². The lowest BCUT2D eigenvalue weighted by molar-refractivity contribution is 0.615. The highest BCUT2D eigenvalue weighted by molar-refractivity contribution is 7.12. The summed E-state index contributed by atoms with van der Waals surface area (Å²) in [5.74, 6) is -0.126. The van der Waals surface area contributed by atoms with Gasteiger partial charge in [0.2, 0.25) is 0 Å². The SMILES string of the molecule is Cc1cc(CNCc2cc3c(s2)CCC3)ccc1F. The molecule has 100 valence electrons. The first-order valence-corrected chi connectivity index (χ1v) is 7.60. The molecular formula is C16H18FNS. The molecule has 1 nitrogen and oxygen atoms in total. The Bertz CT molecular complexity index is 567. The van der Waals surface area contributed by atoms with Crippen LogP contribution < -0.4 is 5.32 Å². The van der Waals surface area contributed by atoms with E-state index in [4.69, 9.17) is 0 Å². The molecule has 1 N–H and O–H groups in total. The number of nitrogens with one attached hydrogen (secondary N) is 1. The fourth-order valence-electron chi connectivity index (χ4n) is 2.62. The van der Waals surface area contributed by atoms with Crippen LogP contribution in [0.15, 0.2) is 24.3 Å². The summed E-state index contributed by atoms with van der Waals surface area (Å²) < 4.78 is 13.2. The standard InChI is InChI=1S/C16H18FNS/c1-11-7-12(5-6-15(11)17)9-18-10-14-8-13-3-2-4-16(13)19-14/h5-8,18H,2-4,9-10H2,1H3. The fourth-order valence-corrected chi connectivity index (χ4v) is 3.85. The van der Waals surface area contributed by atoms with Crippen molar-refractivity contribution in [2.45, 2.75) is 39.3 Å². The summed E-state index contributed by atoms with van der Waals surface area (Å²) in [6.45, 7) is 3.51. The first-order valence-electron chi connectivity index (χ1n) is 6.78. The fraction of sp³-hybridized carbons (Fsp3) is 0.375. The van der Waals surface area contributed by atoms with E-state index in [1.54, 1.807) is 16.5 Å². The van der Waals surface area contributed by atoms with Crippen LogP contribution in [0.3, 0.4) is 0 Å². The Morgan fingerprint density at radius 3 is 2.89 bits per heavy atom. The second-order valence-corrected chi connectivity index (χ2v) is 6.42. The van der Waals surface area contributed by atoms with Gasteiger partial charge in [0.1, 0.15) is 5.82 Å². The molecule has 1 heterocycles. The second kappa shape index (κ2) is 5.43. The normalized spacial score (nSPS) is 13.8. The van der Waals surface area contributed by atoms with E-state index in [2.05, 4.69) is 11.4 Å². The van der Waals surface area contributed by atoms with Gasteiger partial charge >= 0.3 is 0 Å². The van der Waals surface area contributed by atoms with Gasteiger partial charge in [0.25, 0.3) is 0 Å². The van der Waals surface area contributed by atoms with Gasteiger partial charge in [-0.2, -0.15) is 0 Å². The molecular weight excluding hydrogens is 257 g/mol. The lowest BCUT2D eigenvalue weighted by atomic mass is 10.1. The molecule has 0 fully saturated rings. The van der Waals surface area contributed by atoms with Crippen LogP contribution in [0.4, 0.5) is 4.39 Å². The molecule has 3 heteroatoms. The van der Waals surface area contributed by atoms with Crippen molar-refractivity contribution in [3.8, 4) is 0 Å². The first kappa shape index (κ1) is 12.8. The Hall–Kier alpha value is -1.19. The molecule has 2 aromatic rings. The number of aryl methyl sites for hydroxylation is 3. The van der Waals surface area contributed by atoms with Crippen LogP contribution in [-0.4, -0.2) is 0 Å². The molecule has 0 bridgehead atoms. The second-order valence-electron chi connectivity index (χ2n) is 5.20. The molecule has 0 atom stereocenters. The Morgan fingerprint density at radius 1 is 1.21 bits per heavy atom. The molecule has 0 saturated heterocycles. The smallest absolute Gasteiger partial charge is 0.126 e. The molecule has 0 unspecified atom stereocenters. The van der Waals surface area contributed by atoms with Gasteiger partial charge in [0, 0.05) is 22.8 Å². The van der Waals surface area contributed by atoms with Crippen molar-refractivity contribution in [2.75, 3.05) is 0 Å². The van der Waals surface area contributed by atoms with Crippen molar-refractivity contribution in [1.82, 2.24) is 5.32 Å². The maximum absolute atomic E-state index is 13.2. The summed E-state index contributed by atoms with van der Waals surface area (Å²) in [6.07, 6.45) is 3.84. The van der Waals surface area contributed by atoms with E-state index in [0.717, 1.165) is 24.2 Å². The first-order chi connectivity index (χ1) is 9.22. The molecule has 1 aromatic carbocycles. The molecule has 1 aliphatic rings. The van der Waals surface area contributed by atoms with Crippen molar-refractivity contribution >= 4 is 11.3 Å². The third-order valence-corrected chi connectivity index (χ3v) is 4.89. The van der Waals surface area contributed by atoms with E-state index >= 15 is 0 Å². The summed E-state index contributed by atoms with van der Waals surface area (Å²) in [4.78, 5) is 3.00. The van der Waals surface area contributed by atoms with Gasteiger partial charge in [0.05, 0.1) is 0 Å². The molecule has 1 aromatic heterocycles. The quantitative estimate of drug-likeness (QED) is 0.890. The molecule has 0 aliphatic heterocycles. The summed E-state index contributed by atoms with van der Waals surface area (Å²) in [6, 6.07) is 7.66. The summed E-state index contributed by atoms with van der Waals surface area (Å²) in [5, 5.41) is 3.44. The number of halogens is 1. The molecule has 1 aliphatic carbocycles. The molecule has 0 spiro atoms. The van der Waals surface area contributed by atoms with Crippen molar-refractivity contribution in [3.05, 3.63) is 56.5 Å². The molecule has 0 radical (unpaired) electrons. The van der Waals surface area contributed by atoms with E-state index in [9.17, 15) is 4.39 Å². The van der Waals surface area contributed by atoms with E-state index in [1.807, 2.05) is 30.4 Å². The topological polar surface area (TPSA) is 12.0 Å². The lowest BCUT2D eigenvalue weighted by Gasteiger charge is -2.05. The van der Waals surface area contributed by atoms with Gasteiger partial charge in [-0.15, -0.1) is 11.3 Å². The van der Waals surface area contributed by atoms with Gasteiger partial charge in [-0.1, -0.05) is 12.1 Å². The van der Waals surface area contributed by atoms with E-state index in [-0.39, 0.29) is 5.82 Å². The van der Waals surface area contributed by atoms with Crippen molar-refractivity contribution < 1.29 is 4.39 Å². The van der Waals surface area contributed by atoms with E-state index in [0.29, 0.717) is 0 Å². The summed E-state index contributed by atoms with van der Waals surface area (Å²) in [7, 11) is 0. The monoisotopic (exact) mass is 275 g/mol. The van der Waals surface area contributed by atoms with Crippen LogP contribution in [-0.2, 0) is 25.9 Å². The molecule has 3 rings (SSSR count). The number of hydrogen-bond donors (Lipinski definition) is 1. The summed E-state index contributed by atoms with van der Waals surface area (Å²) >= 11 is 1.94. The highest BCUT2D eigenvalue weighted by atomic mass is 32.1. The number of thiophene rings is 1.